The number of aryl methyl sites for hydroxylation is 6. The van der Waals surface area contributed by atoms with E-state index >= 15 is 0 Å². The maximum Gasteiger partial charge on any atom is 0.244 e. The van der Waals surface area contributed by atoms with E-state index in [4.69, 9.17) is 4.42 Å². The van der Waals surface area contributed by atoms with Gasteiger partial charge in [-0.1, -0.05) is 123 Å². The van der Waals surface area contributed by atoms with E-state index in [9.17, 15) is 0 Å². The van der Waals surface area contributed by atoms with E-state index in [1.165, 1.54) is 93.6 Å². The van der Waals surface area contributed by atoms with Crippen LogP contribution in [0.25, 0.3) is 55.0 Å². The van der Waals surface area contributed by atoms with Gasteiger partial charge in [0.15, 0.2) is 0 Å². The molecule has 0 bridgehead atoms. The van der Waals surface area contributed by atoms with Gasteiger partial charge in [-0.2, -0.15) is 0 Å². The number of rotatable bonds is 3. The van der Waals surface area contributed by atoms with Gasteiger partial charge in [-0.15, -0.1) is 0 Å². The summed E-state index contributed by atoms with van der Waals surface area (Å²) in [6.45, 7) is 13.6. The zero-order chi connectivity index (χ0) is 28.9. The summed E-state index contributed by atoms with van der Waals surface area (Å²) in [5, 5.41) is 5.05. The zero-order valence-corrected chi connectivity index (χ0v) is 25.1. The van der Waals surface area contributed by atoms with Gasteiger partial charge in [0, 0.05) is 10.8 Å². The van der Waals surface area contributed by atoms with Crippen LogP contribution in [0.4, 0.5) is 0 Å². The van der Waals surface area contributed by atoms with E-state index in [1.54, 1.807) is 0 Å². The van der Waals surface area contributed by atoms with Crippen LogP contribution in [0.1, 0.15) is 33.4 Å². The number of hydrogen-bond donors (Lipinski definition) is 0. The first kappa shape index (κ1) is 25.2. The fraction of sp³-hybridized carbons (Fsp3) is 0.150. The fourth-order valence-electron chi connectivity index (χ4n) is 8.21. The molecule has 8 rings (SSSR count). The third kappa shape index (κ3) is 3.45. The average molecular weight is 541 g/mol. The molecule has 0 N–H and O–H groups in total. The number of benzene rings is 6. The predicted molar refractivity (Wildman–Crippen MR) is 182 cm³/mol. The molecule has 0 fully saturated rings. The van der Waals surface area contributed by atoms with Crippen LogP contribution in [-0.2, 0) is 0 Å². The molecule has 1 aliphatic rings. The van der Waals surface area contributed by atoms with Gasteiger partial charge >= 0.3 is 0 Å². The van der Waals surface area contributed by atoms with Crippen molar-refractivity contribution in [1.29, 1.82) is 0 Å². The molecule has 2 heteroatoms. The van der Waals surface area contributed by atoms with Crippen molar-refractivity contribution in [3.63, 3.8) is 0 Å². The minimum absolute atomic E-state index is 0.0363. The van der Waals surface area contributed by atoms with Crippen LogP contribution in [0.3, 0.4) is 0 Å². The second kappa shape index (κ2) is 8.97. The van der Waals surface area contributed by atoms with E-state index in [1.807, 2.05) is 0 Å². The molecule has 0 radical (unpaired) electrons. The van der Waals surface area contributed by atoms with E-state index in [2.05, 4.69) is 133 Å². The lowest BCUT2D eigenvalue weighted by Gasteiger charge is -2.27. The van der Waals surface area contributed by atoms with Crippen molar-refractivity contribution in [2.75, 3.05) is 0 Å². The summed E-state index contributed by atoms with van der Waals surface area (Å²) < 4.78 is 6.69. The third-order valence-electron chi connectivity index (χ3n) is 9.51. The molecule has 0 atom stereocenters. The van der Waals surface area contributed by atoms with E-state index in [0.717, 1.165) is 11.2 Å². The lowest BCUT2D eigenvalue weighted by atomic mass is 9.33. The third-order valence-corrected chi connectivity index (χ3v) is 9.51. The highest BCUT2D eigenvalue weighted by atomic mass is 16.3. The molecular formula is C40H33BO. The Labute approximate surface area is 247 Å². The van der Waals surface area contributed by atoms with Crippen LogP contribution in [0.15, 0.2) is 95.4 Å². The molecule has 1 aliphatic carbocycles. The lowest BCUT2D eigenvalue weighted by Crippen LogP contribution is -2.56. The van der Waals surface area contributed by atoms with Crippen LogP contribution in [0.2, 0.25) is 0 Å². The summed E-state index contributed by atoms with van der Waals surface area (Å²) in [7, 11) is 0. The quantitative estimate of drug-likeness (QED) is 0.204. The van der Waals surface area contributed by atoms with Crippen LogP contribution in [0, 0.1) is 41.5 Å². The van der Waals surface area contributed by atoms with Crippen molar-refractivity contribution in [2.24, 2.45) is 0 Å². The van der Waals surface area contributed by atoms with Crippen LogP contribution < -0.4 is 16.4 Å². The Morgan fingerprint density at radius 3 is 1.67 bits per heavy atom. The molecule has 202 valence electrons. The van der Waals surface area contributed by atoms with Crippen molar-refractivity contribution >= 4 is 55.8 Å². The Bertz CT molecular complexity index is 2160. The SMILES string of the molecule is Cc1cc(C)c(B(c2c(C)cc(C)cc2C)c2c3c(cc4oc5ccccc5c24)-c2cccc4cccc-3c24)c(C)c1. The highest BCUT2D eigenvalue weighted by Crippen LogP contribution is 2.49. The van der Waals surface area contributed by atoms with Crippen LogP contribution >= 0.6 is 0 Å². The molecule has 1 nitrogen and oxygen atoms in total. The van der Waals surface area contributed by atoms with E-state index in [0.29, 0.717) is 0 Å². The highest BCUT2D eigenvalue weighted by Gasteiger charge is 2.37. The number of para-hydroxylation sites is 1. The Kier molecular flexibility index (Phi) is 5.38. The Morgan fingerprint density at radius 2 is 1.05 bits per heavy atom. The second-order valence-corrected chi connectivity index (χ2v) is 12.5. The first-order valence-electron chi connectivity index (χ1n) is 15.0. The van der Waals surface area contributed by atoms with Crippen molar-refractivity contribution in [3.05, 3.63) is 124 Å². The molecule has 7 aromatic rings. The summed E-state index contributed by atoms with van der Waals surface area (Å²) in [5.41, 5.74) is 19.3. The van der Waals surface area contributed by atoms with Gasteiger partial charge in [0.1, 0.15) is 11.2 Å². The topological polar surface area (TPSA) is 13.1 Å². The molecule has 42 heavy (non-hydrogen) atoms. The van der Waals surface area contributed by atoms with Gasteiger partial charge in [-0.25, -0.2) is 0 Å². The minimum Gasteiger partial charge on any atom is -0.456 e. The summed E-state index contributed by atoms with van der Waals surface area (Å²) in [4.78, 5) is 0. The van der Waals surface area contributed by atoms with Gasteiger partial charge < -0.3 is 4.42 Å². The monoisotopic (exact) mass is 540 g/mol. The average Bonchev–Trinajstić information content (AvgIpc) is 3.47. The minimum atomic E-state index is 0.0363. The second-order valence-electron chi connectivity index (χ2n) is 12.5. The van der Waals surface area contributed by atoms with Crippen molar-refractivity contribution in [3.8, 4) is 22.3 Å². The largest absolute Gasteiger partial charge is 0.456 e. The molecule has 0 spiro atoms. The van der Waals surface area contributed by atoms with Crippen LogP contribution in [-0.4, -0.2) is 6.71 Å². The van der Waals surface area contributed by atoms with Crippen molar-refractivity contribution in [1.82, 2.24) is 0 Å². The molecule has 0 aliphatic heterocycles. The standard InChI is InChI=1S/C40H33BO/c1-22-17-24(3)38(25(4)18-22)41(39-26(5)19-23(2)20-27(39)6)40-36-31-15-10-12-28-11-9-14-29(35(28)31)32(36)21-34-37(40)30-13-7-8-16-33(30)42-34/h7-21H,1-6H3. The summed E-state index contributed by atoms with van der Waals surface area (Å²) >= 11 is 0. The predicted octanol–water partition coefficient (Wildman–Crippen LogP) is 8.75. The van der Waals surface area contributed by atoms with Gasteiger partial charge in [-0.3, -0.25) is 0 Å². The van der Waals surface area contributed by atoms with E-state index in [-0.39, 0.29) is 6.71 Å². The number of furan rings is 1. The maximum absolute atomic E-state index is 6.69. The summed E-state index contributed by atoms with van der Waals surface area (Å²) in [5.74, 6) is 0. The molecule has 0 unspecified atom stereocenters. The normalized spacial score (nSPS) is 12.0. The molecule has 1 heterocycles. The first-order chi connectivity index (χ1) is 20.3. The molecule has 0 saturated heterocycles. The Balaban J connectivity index is 1.64. The fourth-order valence-corrected chi connectivity index (χ4v) is 8.21. The van der Waals surface area contributed by atoms with Gasteiger partial charge in [-0.05, 0) is 92.2 Å². The molecule has 0 amide bonds. The summed E-state index contributed by atoms with van der Waals surface area (Å²) in [6.07, 6.45) is 0. The highest BCUT2D eigenvalue weighted by molar-refractivity contribution is 6.99. The van der Waals surface area contributed by atoms with Gasteiger partial charge in [0.05, 0.1) is 0 Å². The molecular weight excluding hydrogens is 507 g/mol. The Morgan fingerprint density at radius 1 is 0.476 bits per heavy atom. The van der Waals surface area contributed by atoms with Gasteiger partial charge in [0.25, 0.3) is 0 Å². The molecule has 0 saturated carbocycles. The number of hydrogen-bond acceptors (Lipinski definition) is 1. The lowest BCUT2D eigenvalue weighted by molar-refractivity contribution is 0.669. The van der Waals surface area contributed by atoms with Crippen molar-refractivity contribution in [2.45, 2.75) is 41.5 Å². The van der Waals surface area contributed by atoms with E-state index < -0.39 is 0 Å². The van der Waals surface area contributed by atoms with Gasteiger partial charge in [0.2, 0.25) is 6.71 Å². The zero-order valence-electron chi connectivity index (χ0n) is 25.1. The van der Waals surface area contributed by atoms with Crippen LogP contribution in [0.5, 0.6) is 0 Å². The molecule has 1 aromatic heterocycles. The number of fused-ring (bicyclic) bond motifs is 6. The molecule has 6 aromatic carbocycles. The Hall–Kier alpha value is -4.56. The smallest absolute Gasteiger partial charge is 0.244 e. The first-order valence-corrected chi connectivity index (χ1v) is 15.0. The van der Waals surface area contributed by atoms with Crippen molar-refractivity contribution < 1.29 is 4.42 Å². The maximum atomic E-state index is 6.69. The summed E-state index contributed by atoms with van der Waals surface area (Å²) in [6, 6.07) is 33.8.